The third-order valence-corrected chi connectivity index (χ3v) is 4.67. The van der Waals surface area contributed by atoms with Crippen LogP contribution in [-0.4, -0.2) is 32.4 Å². The summed E-state index contributed by atoms with van der Waals surface area (Å²) in [7, 11) is -3.77. The number of nitrogens with one attached hydrogen (secondary N) is 2. The maximum Gasteiger partial charge on any atom is 0.338 e. The van der Waals surface area contributed by atoms with Crippen LogP contribution >= 0.6 is 0 Å². The summed E-state index contributed by atoms with van der Waals surface area (Å²) in [5.74, 6) is -1.12. The predicted octanol–water partition coefficient (Wildman–Crippen LogP) is 2.56. The standard InChI is InChI=1S/C19H22N2O5S/c1-19(2,3)20-17(22)13-26-18(23)14-9-11-16(12-10-14)27(24,25)21-15-7-5-4-6-8-15/h4-12,21H,13H2,1-3H3,(H,20,22). The number of esters is 1. The molecule has 0 atom stereocenters. The van der Waals surface area contributed by atoms with Crippen LogP contribution in [0.3, 0.4) is 0 Å². The maximum atomic E-state index is 12.4. The zero-order chi connectivity index (χ0) is 20.1. The van der Waals surface area contributed by atoms with E-state index in [1.54, 1.807) is 30.3 Å². The van der Waals surface area contributed by atoms with Crippen LogP contribution in [0, 0.1) is 0 Å². The molecule has 0 radical (unpaired) electrons. The number of para-hydroxylation sites is 1. The zero-order valence-electron chi connectivity index (χ0n) is 15.4. The fraction of sp³-hybridized carbons (Fsp3) is 0.263. The van der Waals surface area contributed by atoms with Crippen LogP contribution in [0.2, 0.25) is 0 Å². The van der Waals surface area contributed by atoms with Crippen molar-refractivity contribution in [3.63, 3.8) is 0 Å². The average Bonchev–Trinajstić information content (AvgIpc) is 2.59. The molecule has 2 aromatic carbocycles. The summed E-state index contributed by atoms with van der Waals surface area (Å²) >= 11 is 0. The topological polar surface area (TPSA) is 102 Å². The maximum absolute atomic E-state index is 12.4. The van der Waals surface area contributed by atoms with Crippen LogP contribution < -0.4 is 10.0 Å². The van der Waals surface area contributed by atoms with Gasteiger partial charge in [-0.05, 0) is 57.2 Å². The molecule has 2 rings (SSSR count). The SMILES string of the molecule is CC(C)(C)NC(=O)COC(=O)c1ccc(S(=O)(=O)Nc2ccccc2)cc1. The monoisotopic (exact) mass is 390 g/mol. The van der Waals surface area contributed by atoms with Crippen LogP contribution in [0.1, 0.15) is 31.1 Å². The van der Waals surface area contributed by atoms with Gasteiger partial charge < -0.3 is 10.1 Å². The van der Waals surface area contributed by atoms with E-state index in [0.29, 0.717) is 5.69 Å². The molecule has 0 saturated heterocycles. The highest BCUT2D eigenvalue weighted by atomic mass is 32.2. The third kappa shape index (κ3) is 6.41. The summed E-state index contributed by atoms with van der Waals surface area (Å²) in [5, 5.41) is 2.67. The van der Waals surface area contributed by atoms with E-state index < -0.39 is 34.0 Å². The van der Waals surface area contributed by atoms with E-state index in [-0.39, 0.29) is 10.5 Å². The molecule has 2 aromatic rings. The highest BCUT2D eigenvalue weighted by molar-refractivity contribution is 7.92. The highest BCUT2D eigenvalue weighted by Gasteiger charge is 2.18. The Hall–Kier alpha value is -2.87. The van der Waals surface area contributed by atoms with Gasteiger partial charge in [-0.15, -0.1) is 0 Å². The van der Waals surface area contributed by atoms with Crippen molar-refractivity contribution in [2.45, 2.75) is 31.2 Å². The van der Waals surface area contributed by atoms with E-state index in [2.05, 4.69) is 10.0 Å². The van der Waals surface area contributed by atoms with E-state index in [1.807, 2.05) is 20.8 Å². The molecule has 1 amide bonds. The second-order valence-corrected chi connectivity index (χ2v) is 8.55. The van der Waals surface area contributed by atoms with Crippen molar-refractivity contribution in [1.29, 1.82) is 0 Å². The lowest BCUT2D eigenvalue weighted by atomic mass is 10.1. The second-order valence-electron chi connectivity index (χ2n) is 6.87. The molecule has 7 nitrogen and oxygen atoms in total. The molecule has 2 N–H and O–H groups in total. The molecule has 8 heteroatoms. The number of ether oxygens (including phenoxy) is 1. The third-order valence-electron chi connectivity index (χ3n) is 3.28. The molecule has 0 fully saturated rings. The van der Waals surface area contributed by atoms with E-state index >= 15 is 0 Å². The first-order valence-electron chi connectivity index (χ1n) is 8.23. The van der Waals surface area contributed by atoms with Gasteiger partial charge in [-0.1, -0.05) is 18.2 Å². The second kappa shape index (κ2) is 8.22. The van der Waals surface area contributed by atoms with Crippen LogP contribution in [0.25, 0.3) is 0 Å². The molecule has 27 heavy (non-hydrogen) atoms. The van der Waals surface area contributed by atoms with Gasteiger partial charge in [0.2, 0.25) is 0 Å². The summed E-state index contributed by atoms with van der Waals surface area (Å²) in [6, 6.07) is 13.7. The summed E-state index contributed by atoms with van der Waals surface area (Å²) in [6.45, 7) is 5.03. The van der Waals surface area contributed by atoms with Crippen LogP contribution in [0.4, 0.5) is 5.69 Å². The van der Waals surface area contributed by atoms with Gasteiger partial charge in [0.25, 0.3) is 15.9 Å². The Morgan fingerprint density at radius 3 is 2.11 bits per heavy atom. The van der Waals surface area contributed by atoms with Gasteiger partial charge in [0.1, 0.15) is 0 Å². The number of sulfonamides is 1. The first-order valence-corrected chi connectivity index (χ1v) is 9.71. The van der Waals surface area contributed by atoms with Crippen molar-refractivity contribution in [2.75, 3.05) is 11.3 Å². The minimum absolute atomic E-state index is 0.00776. The Kier molecular flexibility index (Phi) is 6.22. The van der Waals surface area contributed by atoms with Crippen molar-refractivity contribution in [2.24, 2.45) is 0 Å². The number of rotatable bonds is 6. The molecule has 0 aromatic heterocycles. The van der Waals surface area contributed by atoms with Gasteiger partial charge in [0, 0.05) is 11.2 Å². The van der Waals surface area contributed by atoms with Crippen LogP contribution in [0.15, 0.2) is 59.5 Å². The predicted molar refractivity (Wildman–Crippen MR) is 102 cm³/mol. The number of anilines is 1. The van der Waals surface area contributed by atoms with E-state index in [1.165, 1.54) is 24.3 Å². The lowest BCUT2D eigenvalue weighted by Crippen LogP contribution is -2.42. The summed E-state index contributed by atoms with van der Waals surface area (Å²) in [6.07, 6.45) is 0. The Morgan fingerprint density at radius 1 is 0.963 bits per heavy atom. The molecule has 0 bridgehead atoms. The van der Waals surface area contributed by atoms with Crippen molar-refractivity contribution in [3.8, 4) is 0 Å². The van der Waals surface area contributed by atoms with Crippen molar-refractivity contribution >= 4 is 27.6 Å². The van der Waals surface area contributed by atoms with Gasteiger partial charge in [0.05, 0.1) is 10.5 Å². The summed E-state index contributed by atoms with van der Waals surface area (Å²) in [5.41, 5.74) is 0.161. The first kappa shape index (κ1) is 20.4. The number of hydrogen-bond donors (Lipinski definition) is 2. The van der Waals surface area contributed by atoms with Crippen molar-refractivity contribution < 1.29 is 22.7 Å². The minimum atomic E-state index is -3.77. The fourth-order valence-corrected chi connectivity index (χ4v) is 3.22. The molecular formula is C19H22N2O5S. The van der Waals surface area contributed by atoms with Gasteiger partial charge in [-0.2, -0.15) is 0 Å². The van der Waals surface area contributed by atoms with Gasteiger partial charge >= 0.3 is 5.97 Å². The molecular weight excluding hydrogens is 368 g/mol. The lowest BCUT2D eigenvalue weighted by Gasteiger charge is -2.20. The van der Waals surface area contributed by atoms with Gasteiger partial charge in [0.15, 0.2) is 6.61 Å². The number of hydrogen-bond acceptors (Lipinski definition) is 5. The van der Waals surface area contributed by atoms with Crippen molar-refractivity contribution in [3.05, 3.63) is 60.2 Å². The fourth-order valence-electron chi connectivity index (χ4n) is 2.16. The summed E-state index contributed by atoms with van der Waals surface area (Å²) < 4.78 is 32.1. The van der Waals surface area contributed by atoms with Crippen LogP contribution in [0.5, 0.6) is 0 Å². The van der Waals surface area contributed by atoms with E-state index in [9.17, 15) is 18.0 Å². The quantitative estimate of drug-likeness (QED) is 0.738. The molecule has 0 spiro atoms. The number of amides is 1. The Bertz CT molecular complexity index is 901. The normalized spacial score (nSPS) is 11.5. The molecule has 0 saturated carbocycles. The smallest absolute Gasteiger partial charge is 0.338 e. The van der Waals surface area contributed by atoms with E-state index in [4.69, 9.17) is 4.74 Å². The Labute approximate surface area is 158 Å². The minimum Gasteiger partial charge on any atom is -0.452 e. The Morgan fingerprint density at radius 2 is 1.56 bits per heavy atom. The molecule has 0 unspecified atom stereocenters. The van der Waals surface area contributed by atoms with Gasteiger partial charge in [-0.25, -0.2) is 13.2 Å². The van der Waals surface area contributed by atoms with Gasteiger partial charge in [-0.3, -0.25) is 9.52 Å². The van der Waals surface area contributed by atoms with Crippen LogP contribution in [-0.2, 0) is 19.6 Å². The largest absolute Gasteiger partial charge is 0.452 e. The number of carbonyl (C=O) groups is 2. The van der Waals surface area contributed by atoms with Crippen molar-refractivity contribution in [1.82, 2.24) is 5.32 Å². The summed E-state index contributed by atoms with van der Waals surface area (Å²) in [4.78, 5) is 23.7. The molecule has 144 valence electrons. The molecule has 0 aliphatic carbocycles. The lowest BCUT2D eigenvalue weighted by molar-refractivity contribution is -0.125. The molecule has 0 aliphatic rings. The first-order chi connectivity index (χ1) is 12.6. The average molecular weight is 390 g/mol. The number of carbonyl (C=O) groups excluding carboxylic acids is 2. The molecule has 0 aliphatic heterocycles. The van der Waals surface area contributed by atoms with E-state index in [0.717, 1.165) is 0 Å². The molecule has 0 heterocycles. The zero-order valence-corrected chi connectivity index (χ0v) is 16.2. The highest BCUT2D eigenvalue weighted by Crippen LogP contribution is 2.16. The number of benzene rings is 2. The Balaban J connectivity index is 1.99.